The van der Waals surface area contributed by atoms with E-state index in [0.717, 1.165) is 10.2 Å². The average molecular weight is 616 g/mol. The first-order valence-electron chi connectivity index (χ1n) is 13.3. The summed E-state index contributed by atoms with van der Waals surface area (Å²) in [6, 6.07) is 60.8. The number of rotatable bonds is 8. The first kappa shape index (κ1) is 26.5. The lowest BCUT2D eigenvalue weighted by atomic mass is 10.3. The molecule has 0 fully saturated rings. The fourth-order valence-corrected chi connectivity index (χ4v) is 12.0. The van der Waals surface area contributed by atoms with Gasteiger partial charge in [0, 0.05) is 15.1 Å². The van der Waals surface area contributed by atoms with E-state index < -0.39 is 16.2 Å². The van der Waals surface area contributed by atoms with Crippen LogP contribution in [0.15, 0.2) is 174 Å². The summed E-state index contributed by atoms with van der Waals surface area (Å²) in [4.78, 5) is 0. The van der Waals surface area contributed by atoms with Crippen molar-refractivity contribution in [2.45, 2.75) is 0 Å². The largest absolute Gasteiger partial charge is 0.464 e. The van der Waals surface area contributed by atoms with E-state index in [4.69, 9.17) is 4.52 Å². The molecule has 0 saturated carbocycles. The molecule has 0 heterocycles. The molecular formula is C36H28BrOPSi. The smallest absolute Gasteiger partial charge is 0.179 e. The summed E-state index contributed by atoms with van der Waals surface area (Å²) in [5.74, 6) is 0.877. The quantitative estimate of drug-likeness (QED) is 0.112. The zero-order chi connectivity index (χ0) is 27.2. The third-order valence-electron chi connectivity index (χ3n) is 7.16. The maximum Gasteiger partial charge on any atom is 0.179 e. The fraction of sp³-hybridized carbons (Fsp3) is 0. The molecular weight excluding hydrogens is 587 g/mol. The van der Waals surface area contributed by atoms with Gasteiger partial charge in [0.25, 0.3) is 0 Å². The molecule has 0 spiro atoms. The Kier molecular flexibility index (Phi) is 8.06. The maximum absolute atomic E-state index is 6.76. The second kappa shape index (κ2) is 12.2. The zero-order valence-electron chi connectivity index (χ0n) is 21.9. The van der Waals surface area contributed by atoms with Gasteiger partial charge >= 0.3 is 0 Å². The van der Waals surface area contributed by atoms with Gasteiger partial charge in [0.1, 0.15) is 5.75 Å². The molecule has 6 aromatic carbocycles. The van der Waals surface area contributed by atoms with Crippen molar-refractivity contribution in [2.24, 2.45) is 0 Å². The van der Waals surface area contributed by atoms with Crippen LogP contribution in [-0.2, 0) is 0 Å². The van der Waals surface area contributed by atoms with Gasteiger partial charge in [0.05, 0.1) is 0 Å². The fourth-order valence-electron chi connectivity index (χ4n) is 5.33. The molecule has 0 aromatic heterocycles. The van der Waals surface area contributed by atoms with Crippen molar-refractivity contribution in [1.29, 1.82) is 0 Å². The minimum absolute atomic E-state index is 0.877. The first-order chi connectivity index (χ1) is 19.7. The van der Waals surface area contributed by atoms with E-state index in [2.05, 4.69) is 186 Å². The van der Waals surface area contributed by atoms with Crippen LogP contribution >= 0.6 is 24.1 Å². The van der Waals surface area contributed by atoms with Crippen LogP contribution in [0, 0.1) is 0 Å². The highest BCUT2D eigenvalue weighted by Gasteiger charge is 2.41. The van der Waals surface area contributed by atoms with Crippen LogP contribution in [-0.4, -0.2) is 8.07 Å². The highest BCUT2D eigenvalue weighted by atomic mass is 79.9. The van der Waals surface area contributed by atoms with Crippen molar-refractivity contribution in [3.05, 3.63) is 174 Å². The van der Waals surface area contributed by atoms with Crippen molar-refractivity contribution in [3.8, 4) is 5.75 Å². The summed E-state index contributed by atoms with van der Waals surface area (Å²) in [6.45, 7) is 0. The molecule has 0 bridgehead atoms. The second-order valence-electron chi connectivity index (χ2n) is 9.57. The molecule has 0 aliphatic heterocycles. The summed E-state index contributed by atoms with van der Waals surface area (Å²) in [7, 11) is -3.58. The Morgan fingerprint density at radius 1 is 0.400 bits per heavy atom. The second-order valence-corrected chi connectivity index (χ2v) is 16.1. The molecule has 0 unspecified atom stereocenters. The van der Waals surface area contributed by atoms with Gasteiger partial charge in [-0.25, -0.2) is 0 Å². The monoisotopic (exact) mass is 614 g/mol. The third kappa shape index (κ3) is 5.33. The van der Waals surface area contributed by atoms with E-state index >= 15 is 0 Å². The van der Waals surface area contributed by atoms with E-state index in [-0.39, 0.29) is 0 Å². The Balaban J connectivity index is 1.47. The molecule has 40 heavy (non-hydrogen) atoms. The average Bonchev–Trinajstić information content (AvgIpc) is 3.04. The van der Waals surface area contributed by atoms with Gasteiger partial charge in [-0.05, 0) is 45.0 Å². The molecule has 4 heteroatoms. The Morgan fingerprint density at radius 3 is 1.18 bits per heavy atom. The normalized spacial score (nSPS) is 11.3. The lowest BCUT2D eigenvalue weighted by Gasteiger charge is -2.34. The molecule has 194 valence electrons. The van der Waals surface area contributed by atoms with Crippen LogP contribution in [0.4, 0.5) is 0 Å². The highest BCUT2D eigenvalue weighted by Crippen LogP contribution is 2.36. The molecule has 0 radical (unpaired) electrons. The molecule has 0 N–H and O–H groups in total. The van der Waals surface area contributed by atoms with Crippen molar-refractivity contribution in [3.63, 3.8) is 0 Å². The van der Waals surface area contributed by atoms with Gasteiger partial charge in [0.2, 0.25) is 0 Å². The Morgan fingerprint density at radius 2 is 0.750 bits per heavy atom. The highest BCUT2D eigenvalue weighted by molar-refractivity contribution is 9.10. The Hall–Kier alpha value is -3.75. The minimum Gasteiger partial charge on any atom is -0.464 e. The zero-order valence-corrected chi connectivity index (χ0v) is 25.4. The lowest BCUT2D eigenvalue weighted by Crippen LogP contribution is -2.74. The molecule has 0 amide bonds. The minimum atomic E-state index is -2.58. The molecule has 6 aromatic rings. The number of halogens is 1. The van der Waals surface area contributed by atoms with Crippen LogP contribution in [0.1, 0.15) is 0 Å². The van der Waals surface area contributed by atoms with Gasteiger partial charge in [-0.2, -0.15) is 0 Å². The van der Waals surface area contributed by atoms with Gasteiger partial charge in [-0.15, -0.1) is 0 Å². The predicted molar refractivity (Wildman–Crippen MR) is 177 cm³/mol. The van der Waals surface area contributed by atoms with E-state index in [1.165, 1.54) is 31.4 Å². The molecule has 0 saturated heterocycles. The summed E-state index contributed by atoms with van der Waals surface area (Å²) in [5.41, 5.74) is 0. The molecule has 0 aliphatic carbocycles. The van der Waals surface area contributed by atoms with Crippen molar-refractivity contribution >= 4 is 63.5 Å². The molecule has 0 atom stereocenters. The first-order valence-corrected chi connectivity index (χ1v) is 17.4. The number of benzene rings is 6. The van der Waals surface area contributed by atoms with Gasteiger partial charge in [-0.1, -0.05) is 162 Å². The van der Waals surface area contributed by atoms with Crippen molar-refractivity contribution in [1.82, 2.24) is 0 Å². The van der Waals surface area contributed by atoms with E-state index in [0.29, 0.717) is 0 Å². The van der Waals surface area contributed by atoms with Crippen LogP contribution in [0.5, 0.6) is 5.75 Å². The standard InChI is InChI=1S/C36H28BrOPSi/c37-29-21-25-35(26-22-29)40(33-17-9-3-10-18-33,34-19-11-4-12-20-34)36-27-23-30(24-28-36)38-39(31-13-5-1-6-14-31)32-15-7-2-8-16-32/h1-28H. The van der Waals surface area contributed by atoms with Gasteiger partial charge < -0.3 is 4.52 Å². The van der Waals surface area contributed by atoms with E-state index in [1.807, 2.05) is 0 Å². The topological polar surface area (TPSA) is 9.23 Å². The summed E-state index contributed by atoms with van der Waals surface area (Å²) < 4.78 is 7.84. The van der Waals surface area contributed by atoms with Gasteiger partial charge in [-0.3, -0.25) is 0 Å². The third-order valence-corrected chi connectivity index (χ3v) is 14.4. The number of hydrogen-bond donors (Lipinski definition) is 0. The van der Waals surface area contributed by atoms with E-state index in [9.17, 15) is 0 Å². The van der Waals surface area contributed by atoms with E-state index in [1.54, 1.807) is 0 Å². The molecule has 6 rings (SSSR count). The number of hydrogen-bond acceptors (Lipinski definition) is 1. The summed E-state index contributed by atoms with van der Waals surface area (Å²) in [6.07, 6.45) is 0. The van der Waals surface area contributed by atoms with Gasteiger partial charge in [0.15, 0.2) is 16.2 Å². The lowest BCUT2D eigenvalue weighted by molar-refractivity contribution is 0.630. The summed E-state index contributed by atoms with van der Waals surface area (Å²) in [5, 5.41) is 7.77. The molecule has 1 nitrogen and oxygen atoms in total. The maximum atomic E-state index is 6.76. The Labute approximate surface area is 247 Å². The van der Waals surface area contributed by atoms with Crippen LogP contribution < -0.4 is 35.9 Å². The van der Waals surface area contributed by atoms with Crippen molar-refractivity contribution in [2.75, 3.05) is 0 Å². The Bertz CT molecular complexity index is 1570. The van der Waals surface area contributed by atoms with Crippen molar-refractivity contribution < 1.29 is 4.52 Å². The summed E-state index contributed by atoms with van der Waals surface area (Å²) >= 11 is 3.65. The van der Waals surface area contributed by atoms with Crippen LogP contribution in [0.3, 0.4) is 0 Å². The molecule has 0 aliphatic rings. The SMILES string of the molecule is Brc1ccc([Si](c2ccccc2)(c2ccccc2)c2ccc(OP(c3ccccc3)c3ccccc3)cc2)cc1. The predicted octanol–water partition coefficient (Wildman–Crippen LogP) is 6.25. The van der Waals surface area contributed by atoms with Crippen LogP contribution in [0.2, 0.25) is 0 Å². The van der Waals surface area contributed by atoms with Crippen LogP contribution in [0.25, 0.3) is 0 Å².